The van der Waals surface area contributed by atoms with Crippen molar-refractivity contribution in [1.82, 2.24) is 29.3 Å². The summed E-state index contributed by atoms with van der Waals surface area (Å²) in [5.41, 5.74) is 3.32. The number of hydrogen-bond acceptors (Lipinski definition) is 6. The van der Waals surface area contributed by atoms with Crippen molar-refractivity contribution in [2.75, 3.05) is 19.6 Å². The first kappa shape index (κ1) is 23.1. The normalized spacial score (nSPS) is 18.8. The summed E-state index contributed by atoms with van der Waals surface area (Å²) in [6.45, 7) is 6.03. The van der Waals surface area contributed by atoms with Crippen LogP contribution >= 0.6 is 28.3 Å². The number of nitrogens with one attached hydrogen (secondary N) is 1. The molecule has 32 heavy (non-hydrogen) atoms. The lowest BCUT2D eigenvalue weighted by atomic mass is 10.0. The molecule has 1 N–H and O–H groups in total. The number of pyridine rings is 2. The molecule has 1 fully saturated rings. The summed E-state index contributed by atoms with van der Waals surface area (Å²) < 4.78 is 4.49. The minimum atomic E-state index is -0.135. The van der Waals surface area contributed by atoms with Crippen molar-refractivity contribution < 1.29 is 0 Å². The van der Waals surface area contributed by atoms with Crippen molar-refractivity contribution in [3.8, 4) is 0 Å². The Morgan fingerprint density at radius 3 is 2.66 bits per heavy atom. The standard InChI is InChI=1S/C22H25BrN6O2.ClH/c1-14-18(23)8-15(9-24-14)10-25-16-4-6-27(7-5-16)12-17-13-28-20(30)3-2-19-22(28)29(17)21(31)11-26-19;/h2-3,8-9,11,16-17,25H,4-7,10,12-13H2,1H3;1H/t17-;/m1./s1. The van der Waals surface area contributed by atoms with Crippen LogP contribution < -0.4 is 16.4 Å². The Hall–Kier alpha value is -2.07. The van der Waals surface area contributed by atoms with Gasteiger partial charge in [-0.3, -0.25) is 23.7 Å². The van der Waals surface area contributed by atoms with Gasteiger partial charge >= 0.3 is 0 Å². The van der Waals surface area contributed by atoms with Crippen LogP contribution in [-0.4, -0.2) is 49.7 Å². The summed E-state index contributed by atoms with van der Waals surface area (Å²) in [5.74, 6) is 0. The fraction of sp³-hybridized carbons (Fsp3) is 0.455. The lowest BCUT2D eigenvalue weighted by Gasteiger charge is -2.34. The molecule has 1 saturated heterocycles. The third kappa shape index (κ3) is 4.39. The van der Waals surface area contributed by atoms with Gasteiger partial charge in [-0.15, -0.1) is 12.4 Å². The van der Waals surface area contributed by atoms with E-state index in [1.54, 1.807) is 15.2 Å². The lowest BCUT2D eigenvalue weighted by molar-refractivity contribution is 0.171. The zero-order valence-electron chi connectivity index (χ0n) is 17.8. The number of halogens is 2. The third-order valence-corrected chi connectivity index (χ3v) is 7.21. The monoisotopic (exact) mass is 520 g/mol. The lowest BCUT2D eigenvalue weighted by Crippen LogP contribution is -2.44. The smallest absolute Gasteiger partial charge is 0.270 e. The second-order valence-electron chi connectivity index (χ2n) is 8.48. The predicted octanol–water partition coefficient (Wildman–Crippen LogP) is 2.25. The zero-order chi connectivity index (χ0) is 21.5. The van der Waals surface area contributed by atoms with Crippen molar-refractivity contribution in [1.29, 1.82) is 0 Å². The van der Waals surface area contributed by atoms with Gasteiger partial charge in [0.2, 0.25) is 0 Å². The van der Waals surface area contributed by atoms with Gasteiger partial charge in [0, 0.05) is 42.4 Å². The SMILES string of the molecule is Cc1ncc(CNC2CCN(C[C@@H]3Cn4c(=O)ccc5ncc(=O)n3c54)CC2)cc1Br.Cl. The first-order chi connectivity index (χ1) is 15.0. The Balaban J connectivity index is 0.00000245. The van der Waals surface area contributed by atoms with Gasteiger partial charge in [0.25, 0.3) is 11.1 Å². The number of hydrogen-bond donors (Lipinski definition) is 1. The Morgan fingerprint density at radius 1 is 1.12 bits per heavy atom. The highest BCUT2D eigenvalue weighted by atomic mass is 79.9. The summed E-state index contributed by atoms with van der Waals surface area (Å²) in [7, 11) is 0. The van der Waals surface area contributed by atoms with E-state index in [1.165, 1.54) is 17.8 Å². The van der Waals surface area contributed by atoms with Gasteiger partial charge in [0.1, 0.15) is 11.2 Å². The fourth-order valence-electron chi connectivity index (χ4n) is 4.69. The topological polar surface area (TPSA) is 85.1 Å². The van der Waals surface area contributed by atoms with Crippen LogP contribution in [0.25, 0.3) is 11.2 Å². The largest absolute Gasteiger partial charge is 0.310 e. The van der Waals surface area contributed by atoms with Crippen LogP contribution in [0.5, 0.6) is 0 Å². The minimum absolute atomic E-state index is 0. The fourth-order valence-corrected chi connectivity index (χ4v) is 5.08. The summed E-state index contributed by atoms with van der Waals surface area (Å²) in [5, 5.41) is 3.65. The van der Waals surface area contributed by atoms with Crippen molar-refractivity contribution in [3.63, 3.8) is 0 Å². The maximum Gasteiger partial charge on any atom is 0.270 e. The average molecular weight is 522 g/mol. The Kier molecular flexibility index (Phi) is 6.80. The number of aromatic nitrogens is 4. The van der Waals surface area contributed by atoms with Crippen molar-refractivity contribution >= 4 is 39.5 Å². The molecule has 0 aliphatic carbocycles. The second kappa shape index (κ2) is 9.43. The zero-order valence-corrected chi connectivity index (χ0v) is 20.2. The van der Waals surface area contributed by atoms with Crippen LogP contribution in [0.3, 0.4) is 0 Å². The quantitative estimate of drug-likeness (QED) is 0.554. The molecule has 0 amide bonds. The van der Waals surface area contributed by atoms with Crippen LogP contribution in [0.1, 0.15) is 30.1 Å². The molecular weight excluding hydrogens is 496 g/mol. The van der Waals surface area contributed by atoms with Gasteiger partial charge in [-0.1, -0.05) is 0 Å². The van der Waals surface area contributed by atoms with Crippen LogP contribution in [0.2, 0.25) is 0 Å². The Bertz CT molecular complexity index is 1250. The van der Waals surface area contributed by atoms with Crippen LogP contribution in [0.15, 0.2) is 44.7 Å². The molecule has 2 aliphatic heterocycles. The summed E-state index contributed by atoms with van der Waals surface area (Å²) in [4.78, 5) is 35.9. The average Bonchev–Trinajstić information content (AvgIpc) is 3.15. The van der Waals surface area contributed by atoms with Gasteiger partial charge in [-0.2, -0.15) is 0 Å². The van der Waals surface area contributed by atoms with E-state index in [1.807, 2.05) is 13.1 Å². The van der Waals surface area contributed by atoms with E-state index in [-0.39, 0.29) is 29.6 Å². The van der Waals surface area contributed by atoms with Gasteiger partial charge in [0.05, 0.1) is 17.9 Å². The maximum atomic E-state index is 12.5. The van der Waals surface area contributed by atoms with E-state index in [9.17, 15) is 9.59 Å². The number of nitrogens with zero attached hydrogens (tertiary/aromatic N) is 5. The van der Waals surface area contributed by atoms with E-state index >= 15 is 0 Å². The molecule has 0 bridgehead atoms. The second-order valence-corrected chi connectivity index (χ2v) is 9.33. The molecule has 10 heteroatoms. The Morgan fingerprint density at radius 2 is 1.91 bits per heavy atom. The predicted molar refractivity (Wildman–Crippen MR) is 130 cm³/mol. The van der Waals surface area contributed by atoms with Crippen LogP contribution in [-0.2, 0) is 13.1 Å². The first-order valence-electron chi connectivity index (χ1n) is 10.7. The minimum Gasteiger partial charge on any atom is -0.310 e. The summed E-state index contributed by atoms with van der Waals surface area (Å²) in [6.07, 6.45) is 5.40. The number of likely N-dealkylation sites (tertiary alicyclic amines) is 1. The molecule has 5 rings (SSSR count). The van der Waals surface area contributed by atoms with Crippen molar-refractivity contribution in [2.45, 2.75) is 44.9 Å². The molecule has 2 aliphatic rings. The highest BCUT2D eigenvalue weighted by Gasteiger charge is 2.29. The molecule has 0 unspecified atom stereocenters. The van der Waals surface area contributed by atoms with Crippen LogP contribution in [0, 0.1) is 6.92 Å². The number of rotatable bonds is 5. The molecule has 0 radical (unpaired) electrons. The van der Waals surface area contributed by atoms with E-state index in [0.29, 0.717) is 23.8 Å². The molecule has 3 aromatic rings. The van der Waals surface area contributed by atoms with Crippen LogP contribution in [0.4, 0.5) is 0 Å². The number of aryl methyl sites for hydroxylation is 1. The molecule has 0 spiro atoms. The first-order valence-corrected chi connectivity index (χ1v) is 11.5. The molecular formula is C22H26BrClN6O2. The molecule has 5 heterocycles. The molecule has 0 saturated carbocycles. The highest BCUT2D eigenvalue weighted by Crippen LogP contribution is 2.24. The molecule has 170 valence electrons. The van der Waals surface area contributed by atoms with E-state index in [4.69, 9.17) is 0 Å². The van der Waals surface area contributed by atoms with Gasteiger partial charge in [0.15, 0.2) is 0 Å². The van der Waals surface area contributed by atoms with Gasteiger partial charge in [-0.25, -0.2) is 4.98 Å². The van der Waals surface area contributed by atoms with E-state index in [2.05, 4.69) is 42.2 Å². The molecule has 0 aromatic carbocycles. The summed E-state index contributed by atoms with van der Waals surface area (Å²) in [6, 6.07) is 5.79. The highest BCUT2D eigenvalue weighted by molar-refractivity contribution is 9.10. The van der Waals surface area contributed by atoms with Crippen molar-refractivity contribution in [3.05, 3.63) is 67.0 Å². The summed E-state index contributed by atoms with van der Waals surface area (Å²) >= 11 is 3.55. The molecule has 3 aromatic heterocycles. The van der Waals surface area contributed by atoms with E-state index in [0.717, 1.165) is 49.2 Å². The van der Waals surface area contributed by atoms with Gasteiger partial charge in [-0.05, 0) is 66.5 Å². The molecule has 8 nitrogen and oxygen atoms in total. The van der Waals surface area contributed by atoms with Crippen molar-refractivity contribution in [2.24, 2.45) is 0 Å². The van der Waals surface area contributed by atoms with E-state index < -0.39 is 0 Å². The molecule has 1 atom stereocenters. The number of piperidine rings is 1. The van der Waals surface area contributed by atoms with Gasteiger partial charge < -0.3 is 10.2 Å². The third-order valence-electron chi connectivity index (χ3n) is 6.41. The maximum absolute atomic E-state index is 12.5. The Labute approximate surface area is 200 Å².